The number of nitrogens with zero attached hydrogens (tertiary/aromatic N) is 3. The zero-order chi connectivity index (χ0) is 25.9. The lowest BCUT2D eigenvalue weighted by Crippen LogP contribution is -2.43. The quantitative estimate of drug-likeness (QED) is 0.362. The van der Waals surface area contributed by atoms with E-state index in [9.17, 15) is 9.59 Å². The molecule has 0 radical (unpaired) electrons. The average Bonchev–Trinajstić information content (AvgIpc) is 2.92. The highest BCUT2D eigenvalue weighted by atomic mass is 16.6. The summed E-state index contributed by atoms with van der Waals surface area (Å²) in [4.78, 5) is 33.5. The Hall–Kier alpha value is -4.19. The first-order chi connectivity index (χ1) is 17.9. The van der Waals surface area contributed by atoms with E-state index in [0.29, 0.717) is 42.2 Å². The molecule has 5 rings (SSSR count). The Morgan fingerprint density at radius 1 is 0.919 bits per heavy atom. The van der Waals surface area contributed by atoms with Gasteiger partial charge in [0, 0.05) is 18.5 Å². The number of hydrogen-bond donors (Lipinski definition) is 0. The molecule has 1 aliphatic heterocycles. The maximum atomic E-state index is 14.0. The van der Waals surface area contributed by atoms with Crippen molar-refractivity contribution in [2.45, 2.75) is 46.2 Å². The Balaban J connectivity index is 1.51. The summed E-state index contributed by atoms with van der Waals surface area (Å²) in [5.74, 6) is 1.20. The summed E-state index contributed by atoms with van der Waals surface area (Å²) in [6.45, 7) is 6.71. The molecule has 0 spiro atoms. The number of hydrogen-bond acceptors (Lipinski definition) is 4. The molecule has 0 bridgehead atoms. The van der Waals surface area contributed by atoms with Crippen molar-refractivity contribution >= 4 is 6.09 Å². The standard InChI is InChI=1S/C31H31N3O3/c1-4-28-32-27-20-33(31(36)37-25-16-12-22(3)13-17-25)19-18-26(27)30(35)34(28)29(23-8-6-5-7-9-23)24-14-10-21(2)11-15-24/h5-17,29H,4,18-20H2,1-3H3. The lowest BCUT2D eigenvalue weighted by Gasteiger charge is -2.30. The van der Waals surface area contributed by atoms with Crippen molar-refractivity contribution in [1.29, 1.82) is 0 Å². The van der Waals surface area contributed by atoms with E-state index in [1.807, 2.05) is 48.7 Å². The van der Waals surface area contributed by atoms with Gasteiger partial charge in [-0.05, 0) is 43.5 Å². The van der Waals surface area contributed by atoms with E-state index in [1.165, 1.54) is 5.56 Å². The van der Waals surface area contributed by atoms with Crippen LogP contribution in [0.15, 0.2) is 83.7 Å². The summed E-state index contributed by atoms with van der Waals surface area (Å²) < 4.78 is 7.42. The molecule has 2 heterocycles. The number of benzene rings is 3. The van der Waals surface area contributed by atoms with Gasteiger partial charge in [0.25, 0.3) is 5.56 Å². The third-order valence-corrected chi connectivity index (χ3v) is 6.91. The average molecular weight is 494 g/mol. The molecule has 188 valence electrons. The molecule has 1 aliphatic rings. The van der Waals surface area contributed by atoms with Crippen LogP contribution in [-0.2, 0) is 19.4 Å². The monoisotopic (exact) mass is 493 g/mol. The Morgan fingerprint density at radius 3 is 2.19 bits per heavy atom. The van der Waals surface area contributed by atoms with Gasteiger partial charge in [0.05, 0.1) is 18.3 Å². The number of carbonyl (C=O) groups is 1. The van der Waals surface area contributed by atoms with E-state index in [1.54, 1.807) is 17.0 Å². The fourth-order valence-corrected chi connectivity index (χ4v) is 4.87. The Morgan fingerprint density at radius 2 is 1.54 bits per heavy atom. The number of rotatable bonds is 5. The number of aromatic nitrogens is 2. The molecule has 6 heteroatoms. The Labute approximate surface area is 217 Å². The van der Waals surface area contributed by atoms with E-state index in [-0.39, 0.29) is 18.1 Å². The van der Waals surface area contributed by atoms with Gasteiger partial charge in [-0.1, -0.05) is 84.8 Å². The van der Waals surface area contributed by atoms with Gasteiger partial charge in [0.15, 0.2) is 0 Å². The van der Waals surface area contributed by atoms with Gasteiger partial charge in [-0.2, -0.15) is 0 Å². The van der Waals surface area contributed by atoms with Crippen LogP contribution in [0.5, 0.6) is 5.75 Å². The van der Waals surface area contributed by atoms with Gasteiger partial charge in [0.1, 0.15) is 11.6 Å². The first-order valence-electron chi connectivity index (χ1n) is 12.7. The molecule has 0 saturated heterocycles. The molecule has 4 aromatic rings. The largest absolute Gasteiger partial charge is 0.415 e. The van der Waals surface area contributed by atoms with Crippen molar-refractivity contribution in [2.75, 3.05) is 6.54 Å². The lowest BCUT2D eigenvalue weighted by molar-refractivity contribution is 0.145. The maximum Gasteiger partial charge on any atom is 0.415 e. The zero-order valence-electron chi connectivity index (χ0n) is 21.5. The van der Waals surface area contributed by atoms with Gasteiger partial charge in [-0.15, -0.1) is 0 Å². The van der Waals surface area contributed by atoms with Crippen molar-refractivity contribution in [2.24, 2.45) is 0 Å². The highest BCUT2D eigenvalue weighted by molar-refractivity contribution is 5.71. The first kappa shape index (κ1) is 24.5. The van der Waals surface area contributed by atoms with Gasteiger partial charge in [0.2, 0.25) is 0 Å². The van der Waals surface area contributed by atoms with Crippen LogP contribution in [0.3, 0.4) is 0 Å². The van der Waals surface area contributed by atoms with Crippen molar-refractivity contribution in [3.05, 3.63) is 129 Å². The van der Waals surface area contributed by atoms with E-state index >= 15 is 0 Å². The minimum Gasteiger partial charge on any atom is -0.410 e. The Kier molecular flexibility index (Phi) is 6.91. The number of amides is 1. The van der Waals surface area contributed by atoms with Crippen LogP contribution in [-0.4, -0.2) is 27.1 Å². The minimum atomic E-state index is -0.430. The normalized spacial score (nSPS) is 13.6. The zero-order valence-corrected chi connectivity index (χ0v) is 21.5. The first-order valence-corrected chi connectivity index (χ1v) is 12.7. The molecule has 6 nitrogen and oxygen atoms in total. The maximum absolute atomic E-state index is 14.0. The van der Waals surface area contributed by atoms with Crippen LogP contribution >= 0.6 is 0 Å². The molecule has 1 amide bonds. The lowest BCUT2D eigenvalue weighted by atomic mass is 9.96. The topological polar surface area (TPSA) is 64.4 Å². The van der Waals surface area contributed by atoms with Gasteiger partial charge >= 0.3 is 6.09 Å². The molecule has 1 atom stereocenters. The summed E-state index contributed by atoms with van der Waals surface area (Å²) in [7, 11) is 0. The van der Waals surface area contributed by atoms with E-state index in [0.717, 1.165) is 16.7 Å². The second-order valence-corrected chi connectivity index (χ2v) is 9.56. The Bertz CT molecular complexity index is 1460. The van der Waals surface area contributed by atoms with Crippen LogP contribution < -0.4 is 10.3 Å². The second-order valence-electron chi connectivity index (χ2n) is 9.56. The van der Waals surface area contributed by atoms with Crippen molar-refractivity contribution < 1.29 is 9.53 Å². The molecular weight excluding hydrogens is 462 g/mol. The number of carbonyl (C=O) groups excluding carboxylic acids is 1. The third-order valence-electron chi connectivity index (χ3n) is 6.91. The fourth-order valence-electron chi connectivity index (χ4n) is 4.87. The number of fused-ring (bicyclic) bond motifs is 1. The molecule has 3 aromatic carbocycles. The van der Waals surface area contributed by atoms with Crippen LogP contribution in [0.2, 0.25) is 0 Å². The van der Waals surface area contributed by atoms with Crippen LogP contribution in [0.25, 0.3) is 0 Å². The van der Waals surface area contributed by atoms with Gasteiger partial charge < -0.3 is 9.64 Å². The molecule has 1 aromatic heterocycles. The number of ether oxygens (including phenoxy) is 1. The van der Waals surface area contributed by atoms with Crippen molar-refractivity contribution in [3.63, 3.8) is 0 Å². The predicted molar refractivity (Wildman–Crippen MR) is 144 cm³/mol. The second kappa shape index (κ2) is 10.4. The van der Waals surface area contributed by atoms with Gasteiger partial charge in [-0.25, -0.2) is 9.78 Å². The van der Waals surface area contributed by atoms with E-state index in [2.05, 4.69) is 43.3 Å². The minimum absolute atomic E-state index is 0.0390. The predicted octanol–water partition coefficient (Wildman–Crippen LogP) is 5.62. The smallest absolute Gasteiger partial charge is 0.410 e. The molecule has 37 heavy (non-hydrogen) atoms. The van der Waals surface area contributed by atoms with Crippen LogP contribution in [0, 0.1) is 13.8 Å². The van der Waals surface area contributed by atoms with Crippen molar-refractivity contribution in [1.82, 2.24) is 14.5 Å². The fraction of sp³-hybridized carbons (Fsp3) is 0.258. The van der Waals surface area contributed by atoms with Crippen LogP contribution in [0.1, 0.15) is 52.3 Å². The summed E-state index contributed by atoms with van der Waals surface area (Å²) >= 11 is 0. The molecule has 1 unspecified atom stereocenters. The molecule has 0 N–H and O–H groups in total. The third kappa shape index (κ3) is 5.05. The number of aryl methyl sites for hydroxylation is 3. The molecular formula is C31H31N3O3. The molecule has 0 fully saturated rings. The van der Waals surface area contributed by atoms with Crippen LogP contribution in [0.4, 0.5) is 4.79 Å². The van der Waals surface area contributed by atoms with Crippen molar-refractivity contribution in [3.8, 4) is 5.75 Å². The summed E-state index contributed by atoms with van der Waals surface area (Å²) in [6, 6.07) is 25.5. The summed E-state index contributed by atoms with van der Waals surface area (Å²) in [6.07, 6.45) is 0.593. The molecule has 0 aliphatic carbocycles. The summed E-state index contributed by atoms with van der Waals surface area (Å²) in [5, 5.41) is 0. The molecule has 0 saturated carbocycles. The van der Waals surface area contributed by atoms with E-state index < -0.39 is 6.09 Å². The van der Waals surface area contributed by atoms with Gasteiger partial charge in [-0.3, -0.25) is 9.36 Å². The van der Waals surface area contributed by atoms with E-state index in [4.69, 9.17) is 9.72 Å². The SMILES string of the molecule is CCc1nc2c(c(=O)n1C(c1ccccc1)c1ccc(C)cc1)CCN(C(=O)Oc1ccc(C)cc1)C2. The summed E-state index contributed by atoms with van der Waals surface area (Å²) in [5.41, 5.74) is 5.62. The highest BCUT2D eigenvalue weighted by Gasteiger charge is 2.29. The highest BCUT2D eigenvalue weighted by Crippen LogP contribution is 2.28.